The minimum Gasteiger partial charge on any atom is -0.306 e. The number of fused-ring (bicyclic) bond motifs is 1. The molecule has 0 saturated carbocycles. The molecular weight excluding hydrogens is 1890 g/mol. The minimum absolute atomic E-state index is 0.0322. The zero-order valence-corrected chi connectivity index (χ0v) is 91.1. The van der Waals surface area contributed by atoms with Crippen molar-refractivity contribution in [2.75, 3.05) is 13.1 Å². The molecule has 14 heterocycles. The zero-order valence-electron chi connectivity index (χ0n) is 81.3. The van der Waals surface area contributed by atoms with E-state index in [9.17, 15) is 0 Å². The predicted octanol–water partition coefficient (Wildman–Crippen LogP) is 42.2. The van der Waals surface area contributed by atoms with E-state index in [1.807, 2.05) is 113 Å². The van der Waals surface area contributed by atoms with Gasteiger partial charge in [0.2, 0.25) is 0 Å². The number of rotatable bonds is 64. The third-order valence-corrected chi connectivity index (χ3v) is 42.5. The van der Waals surface area contributed by atoms with Crippen molar-refractivity contribution in [3.8, 4) is 97.5 Å². The maximum atomic E-state index is 17.1. The molecule has 2 aliphatic rings. The molecule has 136 heavy (non-hydrogen) atoms. The average molecular weight is 2030 g/mol. The summed E-state index contributed by atoms with van der Waals surface area (Å²) in [5, 5.41) is 4.36. The van der Waals surface area contributed by atoms with Gasteiger partial charge in [0.25, 0.3) is 11.8 Å². The van der Waals surface area contributed by atoms with Gasteiger partial charge in [0.05, 0.1) is 32.3 Å². The lowest BCUT2D eigenvalue weighted by atomic mass is 9.93. The molecule has 0 radical (unpaired) electrons. The summed E-state index contributed by atoms with van der Waals surface area (Å²) in [6.45, 7) is 10.5. The SMILES string of the molecule is CCCCCCCCCCCCC(CCCCCCCCCC)CN1C(=O)C2=C(c3ccc(-c4ccc(-c5cc(CCCc6ccccc6)c(-c6ccc(-c7ccc(-c8cccs8)s7)s6)s5)s4)s3)N(CC(CCCCCCCCCC)CCCCCCCCCCCC)C(=O)C2=C1c1ccc(-c2ccc(-c3cc(CCCc4ccccc4)c(-c4ccc(-c5ccc(-c6cccs6)s5)s4)s3)s2)s1. The second-order valence-electron chi connectivity index (χ2n) is 38.4. The highest BCUT2D eigenvalue weighted by atomic mass is 32.1. The Morgan fingerprint density at radius 1 is 0.221 bits per heavy atom. The Morgan fingerprint density at radius 2 is 0.463 bits per heavy atom. The van der Waals surface area contributed by atoms with Gasteiger partial charge in [0.1, 0.15) is 0 Å². The summed E-state index contributed by atoms with van der Waals surface area (Å²) in [6, 6.07) is 73.2. The van der Waals surface area contributed by atoms with Crippen LogP contribution in [0.25, 0.3) is 109 Å². The van der Waals surface area contributed by atoms with E-state index in [4.69, 9.17) is 0 Å². The number of hydrogen-bond acceptors (Lipinski definition) is 14. The Hall–Kier alpha value is -6.74. The van der Waals surface area contributed by atoms with Gasteiger partial charge in [0.15, 0.2) is 0 Å². The van der Waals surface area contributed by atoms with E-state index >= 15 is 9.59 Å². The minimum atomic E-state index is 0.0322. The quantitative estimate of drug-likeness (QED) is 0.0357. The maximum absolute atomic E-state index is 17.1. The second-order valence-corrected chi connectivity index (χ2v) is 51.0. The first kappa shape index (κ1) is 102. The molecule has 0 bridgehead atoms. The molecule has 16 rings (SSSR count). The van der Waals surface area contributed by atoms with Crippen molar-refractivity contribution in [2.24, 2.45) is 11.8 Å². The van der Waals surface area contributed by atoms with Crippen LogP contribution in [-0.4, -0.2) is 34.7 Å². The van der Waals surface area contributed by atoms with E-state index in [2.05, 4.69) is 242 Å². The fraction of sp³-hybridized carbons (Fsp3) is 0.450. The van der Waals surface area contributed by atoms with Gasteiger partial charge in [-0.25, -0.2) is 0 Å². The lowest BCUT2D eigenvalue weighted by molar-refractivity contribution is -0.124. The Morgan fingerprint density at radius 3 is 0.743 bits per heavy atom. The van der Waals surface area contributed by atoms with E-state index in [1.165, 1.54) is 351 Å². The number of unbranched alkanes of at least 4 members (excludes halogenated alkanes) is 32. The maximum Gasteiger partial charge on any atom is 0.261 e. The van der Waals surface area contributed by atoms with Crippen LogP contribution in [0.2, 0.25) is 0 Å². The topological polar surface area (TPSA) is 40.6 Å². The molecule has 0 aliphatic carbocycles. The van der Waals surface area contributed by atoms with Crippen molar-refractivity contribution >= 4 is 159 Å². The van der Waals surface area contributed by atoms with Crippen molar-refractivity contribution in [2.45, 2.75) is 323 Å². The van der Waals surface area contributed by atoms with Gasteiger partial charge >= 0.3 is 0 Å². The lowest BCUT2D eigenvalue weighted by Gasteiger charge is -2.29. The molecule has 0 spiro atoms. The third kappa shape index (κ3) is 28.4. The van der Waals surface area contributed by atoms with Crippen LogP contribution in [0.3, 0.4) is 0 Å². The van der Waals surface area contributed by atoms with Crippen molar-refractivity contribution in [1.82, 2.24) is 9.80 Å². The van der Waals surface area contributed by atoms with Gasteiger partial charge in [-0.15, -0.1) is 136 Å². The largest absolute Gasteiger partial charge is 0.306 e. The van der Waals surface area contributed by atoms with E-state index < -0.39 is 0 Å². The van der Waals surface area contributed by atoms with Crippen molar-refractivity contribution in [1.29, 1.82) is 0 Å². The highest BCUT2D eigenvalue weighted by Gasteiger charge is 2.50. The predicted molar refractivity (Wildman–Crippen MR) is 610 cm³/mol. The van der Waals surface area contributed by atoms with Crippen LogP contribution in [0.1, 0.15) is 329 Å². The molecule has 718 valence electrons. The van der Waals surface area contributed by atoms with Crippen molar-refractivity contribution < 1.29 is 9.59 Å². The molecule has 0 fully saturated rings. The second kappa shape index (κ2) is 54.5. The number of thiophene rings is 12. The summed E-state index contributed by atoms with van der Waals surface area (Å²) >= 11 is 22.6. The van der Waals surface area contributed by atoms with Gasteiger partial charge in [-0.2, -0.15) is 0 Å². The van der Waals surface area contributed by atoms with Gasteiger partial charge in [-0.05, 0) is 230 Å². The van der Waals surface area contributed by atoms with Crippen molar-refractivity contribution in [3.05, 3.63) is 248 Å². The van der Waals surface area contributed by atoms with E-state index in [1.54, 1.807) is 22.7 Å². The van der Waals surface area contributed by atoms with E-state index in [-0.39, 0.29) is 11.8 Å². The average Bonchev–Trinajstić information content (AvgIpc) is 1.54. The molecule has 16 heteroatoms. The molecule has 2 aliphatic heterocycles. The molecule has 2 aromatic carbocycles. The van der Waals surface area contributed by atoms with Gasteiger partial charge in [-0.1, -0.05) is 332 Å². The smallest absolute Gasteiger partial charge is 0.261 e. The Labute approximate surface area is 863 Å². The highest BCUT2D eigenvalue weighted by molar-refractivity contribution is 7.32. The molecule has 2 atom stereocenters. The summed E-state index contributed by atoms with van der Waals surface area (Å²) in [5.74, 6) is 0.683. The summed E-state index contributed by atoms with van der Waals surface area (Å²) < 4.78 is 0. The standard InChI is InChI=1S/C120H144N2O2S12/c1-5-9-13-17-21-25-27-31-35-41-57-89(55-39-33-29-23-19-15-11-7-3)85-121-115(107-77-73-101(131-107)97-69-71-105(129-97)111-83-91(61-47-59-87-51-43-37-44-52-87)117(135-111)109-79-75-103(133-109)99-67-65-95(127-99)93-63-49-81-125-93)113-114(119(121)123)116(122(120(113)124)86-90(56-40-34-30-24-20-16-12-8-4)58-42-36-32-28-26-22-18-14-10-6-2)108-78-74-102(132-108)98-70-72-106(130-98)112-84-92(62-48-60-88-53-45-38-46-54-88)118(136-112)110-80-76-104(134-110)100-68-66-96(128-100)94-64-50-82-126-94/h37-38,43-46,49-54,63-84,89-90H,5-36,39-42,47-48,55-62,85-86H2,1-4H3. The summed E-state index contributed by atoms with van der Waals surface area (Å²) in [7, 11) is 0. The molecule has 0 N–H and O–H groups in total. The fourth-order valence-electron chi connectivity index (χ4n) is 20.2. The molecule has 4 nitrogen and oxygen atoms in total. The highest BCUT2D eigenvalue weighted by Crippen LogP contribution is 2.55. The van der Waals surface area contributed by atoms with Crippen LogP contribution in [0, 0.1) is 11.8 Å². The number of aryl methyl sites for hydroxylation is 4. The number of amides is 2. The number of hydrogen-bond donors (Lipinski definition) is 0. The molecule has 2 unspecified atom stereocenters. The lowest BCUT2D eigenvalue weighted by Crippen LogP contribution is -2.34. The normalized spacial score (nSPS) is 13.4. The van der Waals surface area contributed by atoms with Crippen LogP contribution in [0.4, 0.5) is 0 Å². The first-order chi connectivity index (χ1) is 67.1. The Kier molecular flexibility index (Phi) is 40.9. The van der Waals surface area contributed by atoms with Crippen LogP contribution in [-0.2, 0) is 35.3 Å². The van der Waals surface area contributed by atoms with Gasteiger partial charge < -0.3 is 9.80 Å². The molecule has 0 saturated heterocycles. The molecular formula is C120H144N2O2S12. The van der Waals surface area contributed by atoms with Gasteiger partial charge in [0, 0.05) is 111 Å². The van der Waals surface area contributed by atoms with E-state index in [0.717, 1.165) is 85.4 Å². The van der Waals surface area contributed by atoms with Crippen LogP contribution in [0.5, 0.6) is 0 Å². The first-order valence-corrected chi connectivity index (χ1v) is 62.4. The van der Waals surface area contributed by atoms with E-state index in [0.29, 0.717) is 36.1 Å². The monoisotopic (exact) mass is 2030 g/mol. The number of carbonyl (C=O) groups excluding carboxylic acids is 2. The summed E-state index contributed by atoms with van der Waals surface area (Å²) in [6.07, 6.45) is 57.1. The Bertz CT molecular complexity index is 5580. The summed E-state index contributed by atoms with van der Waals surface area (Å²) in [5.41, 5.74) is 8.67. The van der Waals surface area contributed by atoms with Crippen molar-refractivity contribution in [3.63, 3.8) is 0 Å². The zero-order chi connectivity index (χ0) is 93.3. The number of nitrogens with zero attached hydrogens (tertiary/aromatic N) is 2. The van der Waals surface area contributed by atoms with Crippen LogP contribution >= 0.6 is 136 Å². The molecule has 12 aromatic heterocycles. The number of carbonyl (C=O) groups is 2. The van der Waals surface area contributed by atoms with Crippen LogP contribution in [0.15, 0.2) is 216 Å². The summed E-state index contributed by atoms with van der Waals surface area (Å²) in [4.78, 5) is 66.8. The third-order valence-electron chi connectivity index (χ3n) is 27.8. The first-order valence-electron chi connectivity index (χ1n) is 52.5. The molecule has 14 aromatic rings. The fourth-order valence-corrected chi connectivity index (χ4v) is 33.2. The van der Waals surface area contributed by atoms with Gasteiger partial charge in [-0.3, -0.25) is 9.59 Å². The Balaban J connectivity index is 0.754. The number of benzene rings is 2. The molecule has 2 amide bonds. The van der Waals surface area contributed by atoms with Crippen LogP contribution < -0.4 is 0 Å².